The molecule has 0 aromatic heterocycles. The molecule has 1 fully saturated rings. The summed E-state index contributed by atoms with van der Waals surface area (Å²) in [5, 5.41) is 0. The van der Waals surface area contributed by atoms with Crippen molar-refractivity contribution in [1.82, 2.24) is 0 Å². The summed E-state index contributed by atoms with van der Waals surface area (Å²) >= 11 is 0. The van der Waals surface area contributed by atoms with Crippen molar-refractivity contribution < 1.29 is 14.3 Å². The van der Waals surface area contributed by atoms with Crippen LogP contribution in [0.5, 0.6) is 0 Å². The lowest BCUT2D eigenvalue weighted by Crippen LogP contribution is -2.02. The van der Waals surface area contributed by atoms with Crippen LogP contribution in [0.4, 0.5) is 0 Å². The van der Waals surface area contributed by atoms with Gasteiger partial charge in [0.05, 0.1) is 5.92 Å². The first kappa shape index (κ1) is 6.01. The molecule has 0 spiro atoms. The van der Waals surface area contributed by atoms with Crippen LogP contribution >= 0.6 is 0 Å². The lowest BCUT2D eigenvalue weighted by atomic mass is 10.1. The lowest BCUT2D eigenvalue weighted by molar-refractivity contribution is -0.135. The SMILES string of the molecule is C=C1C(=O)OC[C@@H]1C=O. The van der Waals surface area contributed by atoms with Gasteiger partial charge in [-0.1, -0.05) is 6.58 Å². The molecule has 1 rings (SSSR count). The summed E-state index contributed by atoms with van der Waals surface area (Å²) in [6.45, 7) is 3.55. The molecule has 0 N–H and O–H groups in total. The van der Waals surface area contributed by atoms with Crippen LogP contribution in [-0.2, 0) is 14.3 Å². The highest BCUT2D eigenvalue weighted by Crippen LogP contribution is 2.16. The van der Waals surface area contributed by atoms with Gasteiger partial charge in [0.15, 0.2) is 0 Å². The molecular weight excluding hydrogens is 120 g/mol. The van der Waals surface area contributed by atoms with E-state index in [9.17, 15) is 9.59 Å². The number of carbonyl (C=O) groups is 2. The third-order valence-electron chi connectivity index (χ3n) is 1.27. The third-order valence-corrected chi connectivity index (χ3v) is 1.27. The van der Waals surface area contributed by atoms with Crippen LogP contribution in [0.25, 0.3) is 0 Å². The summed E-state index contributed by atoms with van der Waals surface area (Å²) in [4.78, 5) is 20.5. The molecule has 0 saturated carbocycles. The molecular formula is C6H6O3. The van der Waals surface area contributed by atoms with Crippen molar-refractivity contribution in [3.05, 3.63) is 12.2 Å². The Balaban J connectivity index is 2.73. The first-order valence-electron chi connectivity index (χ1n) is 2.57. The molecule has 48 valence electrons. The molecule has 0 aromatic rings. The molecule has 1 saturated heterocycles. The lowest BCUT2D eigenvalue weighted by Gasteiger charge is -1.89. The maximum Gasteiger partial charge on any atom is 0.334 e. The maximum absolute atomic E-state index is 10.5. The topological polar surface area (TPSA) is 43.4 Å². The Kier molecular flexibility index (Phi) is 1.34. The number of cyclic esters (lactones) is 1. The van der Waals surface area contributed by atoms with Crippen LogP contribution in [0.1, 0.15) is 0 Å². The van der Waals surface area contributed by atoms with Gasteiger partial charge in [-0.05, 0) is 0 Å². The van der Waals surface area contributed by atoms with Crippen molar-refractivity contribution in [2.45, 2.75) is 0 Å². The average molecular weight is 126 g/mol. The summed E-state index contributed by atoms with van der Waals surface area (Å²) in [5.41, 5.74) is 0.269. The minimum atomic E-state index is -0.452. The monoisotopic (exact) mass is 126 g/mol. The molecule has 0 amide bonds. The minimum Gasteiger partial charge on any atom is -0.461 e. The zero-order valence-corrected chi connectivity index (χ0v) is 4.79. The maximum atomic E-state index is 10.5. The van der Waals surface area contributed by atoms with Crippen LogP contribution < -0.4 is 0 Å². The number of esters is 1. The van der Waals surface area contributed by atoms with Crippen molar-refractivity contribution >= 4 is 12.3 Å². The van der Waals surface area contributed by atoms with Crippen molar-refractivity contribution in [2.75, 3.05) is 6.61 Å². The summed E-state index contributed by atoms with van der Waals surface area (Å²) in [6.07, 6.45) is 0.674. The largest absolute Gasteiger partial charge is 0.461 e. The van der Waals surface area contributed by atoms with E-state index in [-0.39, 0.29) is 12.2 Å². The highest BCUT2D eigenvalue weighted by molar-refractivity contribution is 5.94. The zero-order valence-electron chi connectivity index (χ0n) is 4.79. The van der Waals surface area contributed by atoms with Crippen LogP contribution in [0.3, 0.4) is 0 Å². The highest BCUT2D eigenvalue weighted by Gasteiger charge is 2.27. The Morgan fingerprint density at radius 2 is 2.44 bits per heavy atom. The molecule has 1 aliphatic heterocycles. The molecule has 3 nitrogen and oxygen atoms in total. The molecule has 0 radical (unpaired) electrons. The predicted molar refractivity (Wildman–Crippen MR) is 29.7 cm³/mol. The molecule has 0 aromatic carbocycles. The van der Waals surface area contributed by atoms with Gasteiger partial charge in [-0.3, -0.25) is 0 Å². The Bertz CT molecular complexity index is 171. The second-order valence-electron chi connectivity index (χ2n) is 1.87. The van der Waals surface area contributed by atoms with Crippen molar-refractivity contribution in [3.63, 3.8) is 0 Å². The van der Waals surface area contributed by atoms with Gasteiger partial charge < -0.3 is 9.53 Å². The number of ether oxygens (including phenoxy) is 1. The van der Waals surface area contributed by atoms with Crippen LogP contribution in [0.15, 0.2) is 12.2 Å². The summed E-state index contributed by atoms with van der Waals surface area (Å²) in [6, 6.07) is 0. The van der Waals surface area contributed by atoms with Crippen LogP contribution in [-0.4, -0.2) is 18.9 Å². The standard InChI is InChI=1S/C6H6O3/c1-4-5(2-7)3-9-6(4)8/h2,5H,1,3H2/t5-/m0/s1. The molecule has 0 aliphatic carbocycles. The first-order chi connectivity index (χ1) is 4.25. The van der Waals surface area contributed by atoms with Crippen molar-refractivity contribution in [2.24, 2.45) is 5.92 Å². The van der Waals surface area contributed by atoms with Crippen LogP contribution in [0.2, 0.25) is 0 Å². The number of carbonyl (C=O) groups excluding carboxylic acids is 2. The number of hydrogen-bond donors (Lipinski definition) is 0. The Morgan fingerprint density at radius 3 is 2.67 bits per heavy atom. The molecule has 0 unspecified atom stereocenters. The van der Waals surface area contributed by atoms with E-state index in [1.54, 1.807) is 0 Å². The Hall–Kier alpha value is -1.12. The van der Waals surface area contributed by atoms with E-state index >= 15 is 0 Å². The normalized spacial score (nSPS) is 26.0. The van der Waals surface area contributed by atoms with E-state index in [1.807, 2.05) is 0 Å². The van der Waals surface area contributed by atoms with E-state index in [1.165, 1.54) is 0 Å². The molecule has 0 bridgehead atoms. The molecule has 1 aliphatic rings. The van der Waals surface area contributed by atoms with Gasteiger partial charge in [-0.15, -0.1) is 0 Å². The number of hydrogen-bond acceptors (Lipinski definition) is 3. The number of rotatable bonds is 1. The van der Waals surface area contributed by atoms with Gasteiger partial charge in [0.25, 0.3) is 0 Å². The summed E-state index contributed by atoms with van der Waals surface area (Å²) in [5.74, 6) is -0.857. The first-order valence-corrected chi connectivity index (χ1v) is 2.57. The molecule has 9 heavy (non-hydrogen) atoms. The van der Waals surface area contributed by atoms with Gasteiger partial charge in [0, 0.05) is 5.57 Å². The van der Waals surface area contributed by atoms with Gasteiger partial charge in [-0.2, -0.15) is 0 Å². The van der Waals surface area contributed by atoms with Crippen LogP contribution in [0, 0.1) is 5.92 Å². The van der Waals surface area contributed by atoms with E-state index < -0.39 is 11.9 Å². The zero-order chi connectivity index (χ0) is 6.85. The van der Waals surface area contributed by atoms with E-state index in [2.05, 4.69) is 11.3 Å². The Labute approximate surface area is 52.3 Å². The van der Waals surface area contributed by atoms with E-state index in [4.69, 9.17) is 0 Å². The van der Waals surface area contributed by atoms with Gasteiger partial charge in [0.2, 0.25) is 0 Å². The minimum absolute atomic E-state index is 0.168. The smallest absolute Gasteiger partial charge is 0.334 e. The van der Waals surface area contributed by atoms with E-state index in [0.717, 1.165) is 0 Å². The summed E-state index contributed by atoms with van der Waals surface area (Å²) in [7, 11) is 0. The average Bonchev–Trinajstić information content (AvgIpc) is 2.15. The second-order valence-corrected chi connectivity index (χ2v) is 1.87. The Morgan fingerprint density at radius 1 is 1.78 bits per heavy atom. The van der Waals surface area contributed by atoms with Crippen molar-refractivity contribution in [1.29, 1.82) is 0 Å². The molecule has 3 heteroatoms. The molecule has 1 heterocycles. The van der Waals surface area contributed by atoms with E-state index in [0.29, 0.717) is 6.29 Å². The third kappa shape index (κ3) is 0.850. The fourth-order valence-corrected chi connectivity index (χ4v) is 0.632. The fraction of sp³-hybridized carbons (Fsp3) is 0.333. The van der Waals surface area contributed by atoms with Gasteiger partial charge in [0.1, 0.15) is 12.9 Å². The van der Waals surface area contributed by atoms with Gasteiger partial charge in [-0.25, -0.2) is 4.79 Å². The second kappa shape index (κ2) is 2.01. The quantitative estimate of drug-likeness (QED) is 0.280. The predicted octanol–water partition coefficient (Wildman–Crippen LogP) is -0.0855. The van der Waals surface area contributed by atoms with Gasteiger partial charge >= 0.3 is 5.97 Å². The summed E-state index contributed by atoms with van der Waals surface area (Å²) < 4.78 is 4.50. The molecule has 1 atom stereocenters. The number of aldehydes is 1. The highest BCUT2D eigenvalue weighted by atomic mass is 16.5. The fourth-order valence-electron chi connectivity index (χ4n) is 0.632. The van der Waals surface area contributed by atoms with Crippen molar-refractivity contribution in [3.8, 4) is 0 Å².